The third-order valence-electron chi connectivity index (χ3n) is 3.28. The molecule has 4 heteroatoms. The van der Waals surface area contributed by atoms with Gasteiger partial charge in [0.05, 0.1) is 11.3 Å². The molecule has 100 valence electrons. The molecule has 0 fully saturated rings. The van der Waals surface area contributed by atoms with Crippen LogP contribution in [-0.4, -0.2) is 10.4 Å². The second-order valence-electron chi connectivity index (χ2n) is 4.68. The number of aryl methyl sites for hydroxylation is 1. The van der Waals surface area contributed by atoms with E-state index in [1.807, 2.05) is 4.57 Å². The number of fused-ring (bicyclic) bond motifs is 1. The first-order valence-electron chi connectivity index (χ1n) is 6.34. The summed E-state index contributed by atoms with van der Waals surface area (Å²) in [6.07, 6.45) is 3.10. The average molecular weight is 271 g/mol. The molecule has 0 bridgehead atoms. The zero-order chi connectivity index (χ0) is 14.1. The lowest BCUT2D eigenvalue weighted by atomic mass is 10.1. The normalized spacial score (nSPS) is 13.6. The molecule has 1 aromatic heterocycles. The van der Waals surface area contributed by atoms with Crippen LogP contribution in [-0.2, 0) is 6.54 Å². The first-order chi connectivity index (χ1) is 9.65. The molecule has 0 spiro atoms. The fraction of sp³-hybridized carbons (Fsp3) is 0.188. The second-order valence-corrected chi connectivity index (χ2v) is 4.68. The first-order valence-corrected chi connectivity index (χ1v) is 6.34. The van der Waals surface area contributed by atoms with Crippen molar-refractivity contribution in [3.8, 4) is 11.8 Å². The lowest BCUT2D eigenvalue weighted by molar-refractivity contribution is 0.0955. The van der Waals surface area contributed by atoms with Gasteiger partial charge in [-0.3, -0.25) is 4.79 Å². The van der Waals surface area contributed by atoms with Gasteiger partial charge < -0.3 is 4.57 Å². The summed E-state index contributed by atoms with van der Waals surface area (Å²) in [4.78, 5) is 11.7. The summed E-state index contributed by atoms with van der Waals surface area (Å²) in [6, 6.07) is 5.31. The highest BCUT2D eigenvalue weighted by molar-refractivity contribution is 5.95. The van der Waals surface area contributed by atoms with Crippen molar-refractivity contribution in [2.24, 2.45) is 0 Å². The third-order valence-corrected chi connectivity index (χ3v) is 3.28. The van der Waals surface area contributed by atoms with E-state index in [1.165, 1.54) is 18.2 Å². The maximum atomic E-state index is 13.4. The van der Waals surface area contributed by atoms with Gasteiger partial charge in [0.15, 0.2) is 5.78 Å². The van der Waals surface area contributed by atoms with Gasteiger partial charge in [-0.2, -0.15) is 0 Å². The number of halogens is 2. The van der Waals surface area contributed by atoms with Gasteiger partial charge in [0.2, 0.25) is 0 Å². The summed E-state index contributed by atoms with van der Waals surface area (Å²) >= 11 is 0. The molecule has 0 saturated heterocycles. The quantitative estimate of drug-likeness (QED) is 0.675. The predicted octanol–water partition coefficient (Wildman–Crippen LogP) is 3.14. The Morgan fingerprint density at radius 1 is 1.15 bits per heavy atom. The number of ketones is 1. The minimum Gasteiger partial charge on any atom is -0.344 e. The smallest absolute Gasteiger partial charge is 0.179 e. The highest BCUT2D eigenvalue weighted by atomic mass is 19.1. The van der Waals surface area contributed by atoms with Crippen LogP contribution >= 0.6 is 0 Å². The van der Waals surface area contributed by atoms with Crippen LogP contribution in [0.1, 0.15) is 34.5 Å². The number of nitrogens with zero attached hydrogens (tertiary/aromatic N) is 1. The fourth-order valence-electron chi connectivity index (χ4n) is 2.29. The van der Waals surface area contributed by atoms with E-state index < -0.39 is 11.6 Å². The molecule has 20 heavy (non-hydrogen) atoms. The summed E-state index contributed by atoms with van der Waals surface area (Å²) < 4.78 is 28.7. The summed E-state index contributed by atoms with van der Waals surface area (Å²) in [5.41, 5.74) is 0.968. The molecule has 3 rings (SSSR count). The minimum absolute atomic E-state index is 0.0846. The van der Waals surface area contributed by atoms with Crippen LogP contribution in [0.2, 0.25) is 0 Å². The lowest BCUT2D eigenvalue weighted by Gasteiger charge is -2.12. The number of carbonyl (C=O) groups is 1. The van der Waals surface area contributed by atoms with Gasteiger partial charge in [0, 0.05) is 24.7 Å². The Hall–Kier alpha value is -2.41. The highest BCUT2D eigenvalue weighted by Crippen LogP contribution is 2.18. The summed E-state index contributed by atoms with van der Waals surface area (Å²) in [7, 11) is 0. The van der Waals surface area contributed by atoms with Crippen molar-refractivity contribution in [3.63, 3.8) is 0 Å². The van der Waals surface area contributed by atoms with Crippen LogP contribution in [0.15, 0.2) is 30.5 Å². The van der Waals surface area contributed by atoms with E-state index in [0.29, 0.717) is 17.7 Å². The fourth-order valence-corrected chi connectivity index (χ4v) is 2.29. The average Bonchev–Trinajstić information content (AvgIpc) is 2.83. The van der Waals surface area contributed by atoms with E-state index in [1.54, 1.807) is 12.3 Å². The molecule has 0 amide bonds. The van der Waals surface area contributed by atoms with Gasteiger partial charge in [-0.15, -0.1) is 0 Å². The third kappa shape index (κ3) is 2.23. The van der Waals surface area contributed by atoms with E-state index in [9.17, 15) is 13.6 Å². The molecule has 2 aromatic rings. The van der Waals surface area contributed by atoms with Gasteiger partial charge >= 0.3 is 0 Å². The van der Waals surface area contributed by atoms with Crippen molar-refractivity contribution in [1.29, 1.82) is 0 Å². The van der Waals surface area contributed by atoms with Crippen molar-refractivity contribution in [1.82, 2.24) is 4.57 Å². The molecular formula is C16H11F2NO. The van der Waals surface area contributed by atoms with Crippen molar-refractivity contribution in [3.05, 3.63) is 58.9 Å². The van der Waals surface area contributed by atoms with Gasteiger partial charge in [-0.1, -0.05) is 17.9 Å². The largest absolute Gasteiger partial charge is 0.344 e. The van der Waals surface area contributed by atoms with Crippen LogP contribution < -0.4 is 0 Å². The molecule has 0 radical (unpaired) electrons. The zero-order valence-corrected chi connectivity index (χ0v) is 10.6. The molecule has 2 heterocycles. The number of carbonyl (C=O) groups excluding carboxylic acids is 1. The number of hydrogen-bond acceptors (Lipinski definition) is 1. The Balaban J connectivity index is 1.97. The van der Waals surface area contributed by atoms with E-state index >= 15 is 0 Å². The van der Waals surface area contributed by atoms with Crippen molar-refractivity contribution >= 4 is 5.78 Å². The van der Waals surface area contributed by atoms with Gasteiger partial charge in [0.25, 0.3) is 0 Å². The molecule has 0 unspecified atom stereocenters. The number of rotatable bonds is 0. The molecule has 0 atom stereocenters. The molecular weight excluding hydrogens is 260 g/mol. The summed E-state index contributed by atoms with van der Waals surface area (Å²) in [5, 5.41) is 0. The number of benzene rings is 1. The van der Waals surface area contributed by atoms with Crippen LogP contribution in [0, 0.1) is 23.5 Å². The van der Waals surface area contributed by atoms with Crippen molar-refractivity contribution < 1.29 is 13.6 Å². The molecule has 1 aliphatic rings. The van der Waals surface area contributed by atoms with Crippen LogP contribution in [0.5, 0.6) is 0 Å². The molecule has 0 aliphatic carbocycles. The van der Waals surface area contributed by atoms with Gasteiger partial charge in [-0.05, 0) is 24.6 Å². The Kier molecular flexibility index (Phi) is 3.11. The SMILES string of the molecule is O=C1CCCn2cc(C#Cc3c(F)cccc3F)cc21. The topological polar surface area (TPSA) is 22.0 Å². The van der Waals surface area contributed by atoms with Crippen molar-refractivity contribution in [2.75, 3.05) is 0 Å². The molecule has 0 N–H and O–H groups in total. The summed E-state index contributed by atoms with van der Waals surface area (Å²) in [5.74, 6) is 3.93. The van der Waals surface area contributed by atoms with Gasteiger partial charge in [0.1, 0.15) is 11.6 Å². The molecule has 0 saturated carbocycles. The summed E-state index contributed by atoms with van der Waals surface area (Å²) in [6.45, 7) is 0.775. The Morgan fingerprint density at radius 3 is 2.60 bits per heavy atom. The van der Waals surface area contributed by atoms with Gasteiger partial charge in [-0.25, -0.2) is 8.78 Å². The van der Waals surface area contributed by atoms with E-state index in [-0.39, 0.29) is 11.3 Å². The van der Waals surface area contributed by atoms with Crippen LogP contribution in [0.25, 0.3) is 0 Å². The molecule has 1 aliphatic heterocycles. The van der Waals surface area contributed by atoms with E-state index in [2.05, 4.69) is 11.8 Å². The maximum Gasteiger partial charge on any atom is 0.179 e. The first kappa shape index (κ1) is 12.6. The van der Waals surface area contributed by atoms with Crippen LogP contribution in [0.4, 0.5) is 8.78 Å². The van der Waals surface area contributed by atoms with E-state index in [0.717, 1.165) is 13.0 Å². The Morgan fingerprint density at radius 2 is 1.90 bits per heavy atom. The number of aromatic nitrogens is 1. The maximum absolute atomic E-state index is 13.4. The minimum atomic E-state index is -0.683. The highest BCUT2D eigenvalue weighted by Gasteiger charge is 2.17. The van der Waals surface area contributed by atoms with E-state index in [4.69, 9.17) is 0 Å². The number of hydrogen-bond donors (Lipinski definition) is 0. The second kappa shape index (κ2) is 4.93. The molecule has 1 aromatic carbocycles. The van der Waals surface area contributed by atoms with Crippen molar-refractivity contribution in [2.45, 2.75) is 19.4 Å². The Bertz CT molecular complexity index is 729. The predicted molar refractivity (Wildman–Crippen MR) is 70.3 cm³/mol. The zero-order valence-electron chi connectivity index (χ0n) is 10.6. The monoisotopic (exact) mass is 271 g/mol. The Labute approximate surface area is 115 Å². The van der Waals surface area contributed by atoms with Crippen LogP contribution in [0.3, 0.4) is 0 Å². The standard InChI is InChI=1S/C16H11F2NO/c17-13-3-1-4-14(18)12(13)7-6-11-9-15-16(20)5-2-8-19(15)10-11/h1,3-4,9-10H,2,5,8H2. The number of Topliss-reactive ketones (excluding diaryl/α,β-unsaturated/α-hetero) is 1. The molecule has 2 nitrogen and oxygen atoms in total. The lowest BCUT2D eigenvalue weighted by Crippen LogP contribution is -2.14.